The Morgan fingerprint density at radius 2 is 2.30 bits per heavy atom. The van der Waals surface area contributed by atoms with Gasteiger partial charge in [0.1, 0.15) is 0 Å². The van der Waals surface area contributed by atoms with Crippen LogP contribution in [0.25, 0.3) is 10.2 Å². The monoisotopic (exact) mass is 290 g/mol. The second kappa shape index (κ2) is 6.20. The van der Waals surface area contributed by atoms with Crippen molar-refractivity contribution in [2.75, 3.05) is 6.54 Å². The molecule has 0 aliphatic heterocycles. The van der Waals surface area contributed by atoms with Gasteiger partial charge in [0.05, 0.1) is 16.3 Å². The van der Waals surface area contributed by atoms with Crippen LogP contribution in [0, 0.1) is 5.92 Å². The standard InChI is InChI=1S/C16H22N2OS/c1-11(17-9-12-4-2-3-5-15(12)19)13-8-16-14(18-10-13)6-7-20-16/h6-8,10-12,15,17,19H,2-5,9H2,1H3. The highest BCUT2D eigenvalue weighted by molar-refractivity contribution is 7.17. The van der Waals surface area contributed by atoms with Crippen LogP contribution < -0.4 is 5.32 Å². The first-order chi connectivity index (χ1) is 9.74. The predicted octanol–water partition coefficient (Wildman–Crippen LogP) is 3.50. The molecular formula is C16H22N2OS. The van der Waals surface area contributed by atoms with Crippen LogP contribution in [-0.2, 0) is 0 Å². The van der Waals surface area contributed by atoms with Crippen molar-refractivity contribution < 1.29 is 5.11 Å². The third kappa shape index (κ3) is 3.03. The SMILES string of the molecule is CC(NCC1CCCCC1O)c1cnc2ccsc2c1. The summed E-state index contributed by atoms with van der Waals surface area (Å²) < 4.78 is 1.24. The van der Waals surface area contributed by atoms with Gasteiger partial charge in [-0.1, -0.05) is 12.8 Å². The summed E-state index contributed by atoms with van der Waals surface area (Å²) in [6, 6.07) is 4.56. The lowest BCUT2D eigenvalue weighted by atomic mass is 9.86. The molecule has 2 aromatic rings. The number of hydrogen-bond donors (Lipinski definition) is 2. The van der Waals surface area contributed by atoms with Crippen LogP contribution in [0.15, 0.2) is 23.7 Å². The van der Waals surface area contributed by atoms with E-state index in [0.29, 0.717) is 5.92 Å². The molecule has 0 saturated heterocycles. The molecular weight excluding hydrogens is 268 g/mol. The molecule has 3 rings (SSSR count). The second-order valence-electron chi connectivity index (χ2n) is 5.81. The number of pyridine rings is 1. The summed E-state index contributed by atoms with van der Waals surface area (Å²) in [6.45, 7) is 3.07. The molecule has 1 aliphatic carbocycles. The smallest absolute Gasteiger partial charge is 0.0809 e. The maximum absolute atomic E-state index is 10.0. The van der Waals surface area contributed by atoms with Crippen LogP contribution in [0.3, 0.4) is 0 Å². The topological polar surface area (TPSA) is 45.1 Å². The summed E-state index contributed by atoms with van der Waals surface area (Å²) >= 11 is 1.74. The Balaban J connectivity index is 1.61. The van der Waals surface area contributed by atoms with E-state index >= 15 is 0 Å². The van der Waals surface area contributed by atoms with Crippen molar-refractivity contribution in [1.29, 1.82) is 0 Å². The Morgan fingerprint density at radius 3 is 3.15 bits per heavy atom. The van der Waals surface area contributed by atoms with Crippen molar-refractivity contribution in [1.82, 2.24) is 10.3 Å². The first kappa shape index (κ1) is 14.0. The van der Waals surface area contributed by atoms with Crippen LogP contribution in [0.4, 0.5) is 0 Å². The van der Waals surface area contributed by atoms with Crippen LogP contribution in [-0.4, -0.2) is 22.7 Å². The number of aliphatic hydroxyl groups excluding tert-OH is 1. The molecule has 1 fully saturated rings. The van der Waals surface area contributed by atoms with E-state index < -0.39 is 0 Å². The molecule has 0 radical (unpaired) electrons. The Labute approximate surface area is 124 Å². The van der Waals surface area contributed by atoms with Gasteiger partial charge in [-0.2, -0.15) is 0 Å². The average molecular weight is 290 g/mol. The number of nitrogens with one attached hydrogen (secondary N) is 1. The Morgan fingerprint density at radius 1 is 1.45 bits per heavy atom. The minimum atomic E-state index is -0.124. The number of aliphatic hydroxyl groups is 1. The summed E-state index contributed by atoms with van der Waals surface area (Å²) in [7, 11) is 0. The molecule has 3 unspecified atom stereocenters. The van der Waals surface area contributed by atoms with Gasteiger partial charge in [0.2, 0.25) is 0 Å². The summed E-state index contributed by atoms with van der Waals surface area (Å²) in [5.41, 5.74) is 2.30. The van der Waals surface area contributed by atoms with Crippen LogP contribution >= 0.6 is 11.3 Å². The van der Waals surface area contributed by atoms with Crippen LogP contribution in [0.5, 0.6) is 0 Å². The van der Waals surface area contributed by atoms with Crippen molar-refractivity contribution in [3.05, 3.63) is 29.3 Å². The Hall–Kier alpha value is -0.970. The van der Waals surface area contributed by atoms with E-state index in [4.69, 9.17) is 0 Å². The fourth-order valence-corrected chi connectivity index (χ4v) is 3.76. The van der Waals surface area contributed by atoms with Gasteiger partial charge in [0.15, 0.2) is 0 Å². The molecule has 4 heteroatoms. The number of nitrogens with zero attached hydrogens (tertiary/aromatic N) is 1. The van der Waals surface area contributed by atoms with Crippen molar-refractivity contribution in [2.24, 2.45) is 5.92 Å². The second-order valence-corrected chi connectivity index (χ2v) is 6.76. The number of aromatic nitrogens is 1. The fraction of sp³-hybridized carbons (Fsp3) is 0.562. The lowest BCUT2D eigenvalue weighted by Gasteiger charge is -2.29. The van der Waals surface area contributed by atoms with E-state index in [1.54, 1.807) is 11.3 Å². The van der Waals surface area contributed by atoms with Crippen molar-refractivity contribution in [3.8, 4) is 0 Å². The minimum absolute atomic E-state index is 0.124. The van der Waals surface area contributed by atoms with Gasteiger partial charge in [-0.25, -0.2) is 0 Å². The van der Waals surface area contributed by atoms with Gasteiger partial charge in [-0.15, -0.1) is 11.3 Å². The number of fused-ring (bicyclic) bond motifs is 1. The zero-order valence-corrected chi connectivity index (χ0v) is 12.7. The van der Waals surface area contributed by atoms with Gasteiger partial charge in [-0.05, 0) is 48.8 Å². The molecule has 0 amide bonds. The lowest BCUT2D eigenvalue weighted by Crippen LogP contribution is -2.34. The first-order valence-electron chi connectivity index (χ1n) is 7.48. The third-order valence-electron chi connectivity index (χ3n) is 4.38. The molecule has 108 valence electrons. The lowest BCUT2D eigenvalue weighted by molar-refractivity contribution is 0.0684. The Bertz CT molecular complexity index is 568. The zero-order chi connectivity index (χ0) is 13.9. The molecule has 0 bridgehead atoms. The molecule has 2 heterocycles. The summed E-state index contributed by atoms with van der Waals surface area (Å²) in [4.78, 5) is 4.49. The molecule has 20 heavy (non-hydrogen) atoms. The molecule has 2 N–H and O–H groups in total. The largest absolute Gasteiger partial charge is 0.393 e. The third-order valence-corrected chi connectivity index (χ3v) is 5.23. The molecule has 3 atom stereocenters. The molecule has 0 aromatic carbocycles. The van der Waals surface area contributed by atoms with E-state index in [0.717, 1.165) is 24.9 Å². The van der Waals surface area contributed by atoms with E-state index in [1.165, 1.54) is 23.1 Å². The molecule has 3 nitrogen and oxygen atoms in total. The van der Waals surface area contributed by atoms with Gasteiger partial charge in [-0.3, -0.25) is 4.98 Å². The van der Waals surface area contributed by atoms with Crippen molar-refractivity contribution in [3.63, 3.8) is 0 Å². The molecule has 1 aliphatic rings. The van der Waals surface area contributed by atoms with E-state index in [-0.39, 0.29) is 12.1 Å². The number of hydrogen-bond acceptors (Lipinski definition) is 4. The summed E-state index contributed by atoms with van der Waals surface area (Å²) in [5, 5.41) is 15.7. The van der Waals surface area contributed by atoms with Gasteiger partial charge in [0.25, 0.3) is 0 Å². The highest BCUT2D eigenvalue weighted by atomic mass is 32.1. The molecule has 0 spiro atoms. The quantitative estimate of drug-likeness (QED) is 0.906. The normalized spacial score (nSPS) is 24.9. The van der Waals surface area contributed by atoms with Crippen molar-refractivity contribution in [2.45, 2.75) is 44.8 Å². The highest BCUT2D eigenvalue weighted by Gasteiger charge is 2.23. The van der Waals surface area contributed by atoms with E-state index in [1.807, 2.05) is 6.20 Å². The predicted molar refractivity (Wildman–Crippen MR) is 84.0 cm³/mol. The zero-order valence-electron chi connectivity index (χ0n) is 11.9. The maximum Gasteiger partial charge on any atom is 0.0809 e. The van der Waals surface area contributed by atoms with Crippen molar-refractivity contribution >= 4 is 21.6 Å². The maximum atomic E-state index is 10.0. The summed E-state index contributed by atoms with van der Waals surface area (Å²) in [6.07, 6.45) is 6.37. The van der Waals surface area contributed by atoms with Crippen LogP contribution in [0.1, 0.15) is 44.2 Å². The van der Waals surface area contributed by atoms with Gasteiger partial charge < -0.3 is 10.4 Å². The van der Waals surface area contributed by atoms with E-state index in [2.05, 4.69) is 34.7 Å². The number of thiophene rings is 1. The highest BCUT2D eigenvalue weighted by Crippen LogP contribution is 2.26. The summed E-state index contributed by atoms with van der Waals surface area (Å²) in [5.74, 6) is 0.407. The van der Waals surface area contributed by atoms with E-state index in [9.17, 15) is 5.11 Å². The first-order valence-corrected chi connectivity index (χ1v) is 8.36. The average Bonchev–Trinajstić information content (AvgIpc) is 2.93. The van der Waals surface area contributed by atoms with Crippen LogP contribution in [0.2, 0.25) is 0 Å². The van der Waals surface area contributed by atoms with Gasteiger partial charge >= 0.3 is 0 Å². The van der Waals surface area contributed by atoms with Gasteiger partial charge in [0, 0.05) is 18.8 Å². The molecule has 2 aromatic heterocycles. The minimum Gasteiger partial charge on any atom is -0.393 e. The number of rotatable bonds is 4. The molecule has 1 saturated carbocycles. The fourth-order valence-electron chi connectivity index (χ4n) is 2.97. The Kier molecular flexibility index (Phi) is 4.34.